The molecule has 0 saturated carbocycles. The van der Waals surface area contributed by atoms with Gasteiger partial charge in [0.2, 0.25) is 0 Å². The van der Waals surface area contributed by atoms with Crippen LogP contribution in [0, 0.1) is 5.41 Å². The van der Waals surface area contributed by atoms with E-state index in [2.05, 4.69) is 6.58 Å². The molecule has 2 heteroatoms. The van der Waals surface area contributed by atoms with Crippen molar-refractivity contribution in [2.24, 2.45) is 5.73 Å². The number of allylic oxidation sites excluding steroid dienone is 2. The highest BCUT2D eigenvalue weighted by atomic mass is 14.5. The molecule has 0 fully saturated rings. The van der Waals surface area contributed by atoms with Crippen molar-refractivity contribution in [1.29, 1.82) is 5.41 Å². The molecule has 0 aromatic heterocycles. The third-order valence-electron chi connectivity index (χ3n) is 0.511. The average Bonchev–Trinajstić information content (AvgIpc) is 1.68. The molecule has 0 unspecified atom stereocenters. The summed E-state index contributed by atoms with van der Waals surface area (Å²) in [6.07, 6.45) is 4.08. The molecule has 2 nitrogen and oxygen atoms in total. The highest BCUT2D eigenvalue weighted by Gasteiger charge is 1.69. The molecular formula is C5H8N2. The molecule has 38 valence electrons. The number of nitrogens with one attached hydrogen (secondary N) is 1. The zero-order chi connectivity index (χ0) is 5.70. The summed E-state index contributed by atoms with van der Waals surface area (Å²) in [6.45, 7) is 3.38. The van der Waals surface area contributed by atoms with Gasteiger partial charge in [0.05, 0.1) is 0 Å². The second kappa shape index (κ2) is 3.15. The first-order chi connectivity index (χ1) is 3.31. The molecule has 0 aromatic carbocycles. The van der Waals surface area contributed by atoms with Crippen LogP contribution < -0.4 is 5.73 Å². The van der Waals surface area contributed by atoms with Crippen molar-refractivity contribution in [3.8, 4) is 0 Å². The molecule has 0 aliphatic carbocycles. The Morgan fingerprint density at radius 2 is 2.29 bits per heavy atom. The van der Waals surface area contributed by atoms with Crippen molar-refractivity contribution < 1.29 is 0 Å². The molecule has 0 rings (SSSR count). The van der Waals surface area contributed by atoms with Crippen LogP contribution >= 0.6 is 0 Å². The largest absolute Gasteiger partial charge is 0.399 e. The van der Waals surface area contributed by atoms with E-state index in [-0.39, 0.29) is 0 Å². The zero-order valence-electron chi connectivity index (χ0n) is 4.02. The van der Waals surface area contributed by atoms with Crippen LogP contribution in [0.1, 0.15) is 0 Å². The monoisotopic (exact) mass is 96.1 g/mol. The molecule has 0 atom stereocenters. The lowest BCUT2D eigenvalue weighted by molar-refractivity contribution is 1.44. The van der Waals surface area contributed by atoms with Crippen LogP contribution in [-0.2, 0) is 0 Å². The van der Waals surface area contributed by atoms with Crippen LogP contribution in [-0.4, -0.2) is 6.21 Å². The van der Waals surface area contributed by atoms with Gasteiger partial charge in [0.1, 0.15) is 0 Å². The maximum atomic E-state index is 6.51. The Balaban J connectivity index is 3.72. The zero-order valence-corrected chi connectivity index (χ0v) is 4.02. The van der Waals surface area contributed by atoms with Gasteiger partial charge in [-0.1, -0.05) is 6.58 Å². The molecule has 0 spiro atoms. The molecule has 0 aliphatic rings. The molecule has 0 saturated heterocycles. The van der Waals surface area contributed by atoms with Crippen LogP contribution in [0.4, 0.5) is 0 Å². The third-order valence-corrected chi connectivity index (χ3v) is 0.511. The summed E-state index contributed by atoms with van der Waals surface area (Å²) in [4.78, 5) is 0. The van der Waals surface area contributed by atoms with Gasteiger partial charge in [-0.2, -0.15) is 0 Å². The summed E-state index contributed by atoms with van der Waals surface area (Å²) < 4.78 is 0. The predicted molar refractivity (Wildman–Crippen MR) is 31.3 cm³/mol. The van der Waals surface area contributed by atoms with Gasteiger partial charge in [-0.05, 0) is 12.2 Å². The predicted octanol–water partition coefficient (Wildman–Crippen LogP) is 0.665. The summed E-state index contributed by atoms with van der Waals surface area (Å²) >= 11 is 0. The Bertz CT molecular complexity index is 103. The summed E-state index contributed by atoms with van der Waals surface area (Å²) in [5.41, 5.74) is 5.70. The topological polar surface area (TPSA) is 49.9 Å². The fourth-order valence-corrected chi connectivity index (χ4v) is 0.164. The van der Waals surface area contributed by atoms with Crippen LogP contribution in [0.15, 0.2) is 24.4 Å². The quantitative estimate of drug-likeness (QED) is 0.385. The number of hydrogen-bond acceptors (Lipinski definition) is 2. The van der Waals surface area contributed by atoms with E-state index in [0.717, 1.165) is 6.21 Å². The van der Waals surface area contributed by atoms with Crippen molar-refractivity contribution >= 4 is 6.21 Å². The van der Waals surface area contributed by atoms with E-state index >= 15 is 0 Å². The van der Waals surface area contributed by atoms with Crippen molar-refractivity contribution in [2.75, 3.05) is 0 Å². The second-order valence-corrected chi connectivity index (χ2v) is 1.04. The minimum atomic E-state index is 0.523. The Labute approximate surface area is 42.8 Å². The average molecular weight is 96.1 g/mol. The molecule has 3 N–H and O–H groups in total. The van der Waals surface area contributed by atoms with Gasteiger partial charge in [-0.15, -0.1) is 0 Å². The van der Waals surface area contributed by atoms with Crippen LogP contribution in [0.3, 0.4) is 0 Å². The van der Waals surface area contributed by atoms with E-state index in [1.54, 1.807) is 0 Å². The van der Waals surface area contributed by atoms with Crippen molar-refractivity contribution in [3.05, 3.63) is 24.4 Å². The van der Waals surface area contributed by atoms with Crippen molar-refractivity contribution in [2.45, 2.75) is 0 Å². The van der Waals surface area contributed by atoms with E-state index in [1.165, 1.54) is 12.2 Å². The Morgan fingerprint density at radius 1 is 1.71 bits per heavy atom. The van der Waals surface area contributed by atoms with Gasteiger partial charge in [0.25, 0.3) is 0 Å². The van der Waals surface area contributed by atoms with Gasteiger partial charge < -0.3 is 11.1 Å². The van der Waals surface area contributed by atoms with Crippen LogP contribution in [0.2, 0.25) is 0 Å². The Kier molecular flexibility index (Phi) is 2.68. The first-order valence-electron chi connectivity index (χ1n) is 1.90. The van der Waals surface area contributed by atoms with Crippen LogP contribution in [0.5, 0.6) is 0 Å². The molecule has 0 radical (unpaired) electrons. The maximum Gasteiger partial charge on any atom is 0.0323 e. The molecular weight excluding hydrogens is 88.1 g/mol. The molecule has 7 heavy (non-hydrogen) atoms. The minimum Gasteiger partial charge on any atom is -0.399 e. The van der Waals surface area contributed by atoms with E-state index < -0.39 is 0 Å². The summed E-state index contributed by atoms with van der Waals surface area (Å²) in [5, 5.41) is 6.51. The summed E-state index contributed by atoms with van der Waals surface area (Å²) in [7, 11) is 0. The summed E-state index contributed by atoms with van der Waals surface area (Å²) in [5.74, 6) is 0. The third kappa shape index (κ3) is 2.76. The maximum absolute atomic E-state index is 6.51. The molecule has 0 aliphatic heterocycles. The van der Waals surface area contributed by atoms with Gasteiger partial charge in [-0.25, -0.2) is 0 Å². The fraction of sp³-hybridized carbons (Fsp3) is 0. The number of nitrogens with two attached hydrogens (primary N) is 1. The number of hydrogen-bond donors (Lipinski definition) is 2. The number of rotatable bonds is 2. The van der Waals surface area contributed by atoms with E-state index in [1.807, 2.05) is 0 Å². The lowest BCUT2D eigenvalue weighted by atomic mass is 10.4. The summed E-state index contributed by atoms with van der Waals surface area (Å²) in [6, 6.07) is 0. The smallest absolute Gasteiger partial charge is 0.0323 e. The first kappa shape index (κ1) is 5.95. The Morgan fingerprint density at radius 3 is 2.43 bits per heavy atom. The standard InChI is InChI=1S/C5H8N2/c1-2-5(7)3-4-6/h2-4,6H,1,7H2/b5-3+,6-4?. The normalized spacial score (nSPS) is 10.6. The molecule has 0 heterocycles. The van der Waals surface area contributed by atoms with Gasteiger partial charge in [-0.3, -0.25) is 0 Å². The second-order valence-electron chi connectivity index (χ2n) is 1.04. The molecule has 0 amide bonds. The van der Waals surface area contributed by atoms with Crippen molar-refractivity contribution in [3.63, 3.8) is 0 Å². The highest BCUT2D eigenvalue weighted by molar-refractivity contribution is 5.69. The van der Waals surface area contributed by atoms with Gasteiger partial charge in [0.15, 0.2) is 0 Å². The lowest BCUT2D eigenvalue weighted by Gasteiger charge is -1.81. The lowest BCUT2D eigenvalue weighted by Crippen LogP contribution is -1.90. The SMILES string of the molecule is C=C/C(N)=C\C=N. The minimum absolute atomic E-state index is 0.523. The van der Waals surface area contributed by atoms with Gasteiger partial charge in [0, 0.05) is 11.9 Å². The van der Waals surface area contributed by atoms with E-state index in [9.17, 15) is 0 Å². The van der Waals surface area contributed by atoms with Crippen molar-refractivity contribution in [1.82, 2.24) is 0 Å². The Hall–Kier alpha value is -1.05. The fourth-order valence-electron chi connectivity index (χ4n) is 0.164. The molecule has 0 bridgehead atoms. The molecule has 0 aromatic rings. The van der Waals surface area contributed by atoms with E-state index in [4.69, 9.17) is 11.1 Å². The first-order valence-corrected chi connectivity index (χ1v) is 1.90. The highest BCUT2D eigenvalue weighted by Crippen LogP contribution is 1.77. The van der Waals surface area contributed by atoms with E-state index in [0.29, 0.717) is 5.70 Å². The van der Waals surface area contributed by atoms with Crippen LogP contribution in [0.25, 0.3) is 0 Å². The van der Waals surface area contributed by atoms with Gasteiger partial charge >= 0.3 is 0 Å².